The van der Waals surface area contributed by atoms with Gasteiger partial charge in [-0.1, -0.05) is 11.6 Å². The number of hydrogen-bond donors (Lipinski definition) is 1. The van der Waals surface area contributed by atoms with Crippen LogP contribution in [0.2, 0.25) is 5.02 Å². The number of benzene rings is 3. The Hall–Kier alpha value is -3.78. The Balaban J connectivity index is 1.48. The lowest BCUT2D eigenvalue weighted by Crippen LogP contribution is -2.20. The number of halogens is 2. The highest BCUT2D eigenvalue weighted by atomic mass is 35.5. The lowest BCUT2D eigenvalue weighted by atomic mass is 10.2. The van der Waals surface area contributed by atoms with E-state index in [1.54, 1.807) is 24.3 Å². The van der Waals surface area contributed by atoms with Crippen LogP contribution in [-0.2, 0) is 9.53 Å². The molecule has 0 saturated carbocycles. The highest BCUT2D eigenvalue weighted by Crippen LogP contribution is 2.28. The van der Waals surface area contributed by atoms with E-state index < -0.39 is 17.7 Å². The molecule has 0 bridgehead atoms. The average molecular weight is 474 g/mol. The van der Waals surface area contributed by atoms with E-state index in [2.05, 4.69) is 5.32 Å². The highest BCUT2D eigenvalue weighted by molar-refractivity contribution is 6.30. The molecule has 1 N–H and O–H groups in total. The summed E-state index contributed by atoms with van der Waals surface area (Å²) in [6, 6.07) is 16.6. The summed E-state index contributed by atoms with van der Waals surface area (Å²) in [5, 5.41) is 3.19. The Kier molecular flexibility index (Phi) is 8.49. The van der Waals surface area contributed by atoms with Crippen LogP contribution in [0.4, 0.5) is 10.1 Å². The monoisotopic (exact) mass is 473 g/mol. The number of hydrogen-bond acceptors (Lipinski definition) is 6. The van der Waals surface area contributed by atoms with Crippen molar-refractivity contribution in [2.24, 2.45) is 0 Å². The van der Waals surface area contributed by atoms with Gasteiger partial charge >= 0.3 is 5.97 Å². The van der Waals surface area contributed by atoms with Gasteiger partial charge in [-0.15, -0.1) is 0 Å². The number of rotatable bonds is 10. The van der Waals surface area contributed by atoms with Crippen molar-refractivity contribution in [2.45, 2.75) is 0 Å². The summed E-state index contributed by atoms with van der Waals surface area (Å²) in [5.74, 6) is -0.254. The van der Waals surface area contributed by atoms with Crippen LogP contribution in [0.15, 0.2) is 66.7 Å². The fourth-order valence-corrected chi connectivity index (χ4v) is 2.82. The van der Waals surface area contributed by atoms with Crippen LogP contribution in [0.5, 0.6) is 17.2 Å². The van der Waals surface area contributed by atoms with Crippen LogP contribution in [0.25, 0.3) is 0 Å². The molecule has 9 heteroatoms. The third-order valence-electron chi connectivity index (χ3n) is 4.28. The Morgan fingerprint density at radius 3 is 2.33 bits per heavy atom. The molecule has 0 unspecified atom stereocenters. The Morgan fingerprint density at radius 1 is 0.909 bits per heavy atom. The summed E-state index contributed by atoms with van der Waals surface area (Å²) in [5.41, 5.74) is 0.691. The van der Waals surface area contributed by atoms with E-state index in [-0.39, 0.29) is 36.9 Å². The van der Waals surface area contributed by atoms with Gasteiger partial charge in [-0.25, -0.2) is 9.18 Å². The van der Waals surface area contributed by atoms with Crippen molar-refractivity contribution in [1.29, 1.82) is 0 Å². The van der Waals surface area contributed by atoms with Crippen molar-refractivity contribution in [3.05, 3.63) is 83.1 Å². The van der Waals surface area contributed by atoms with Gasteiger partial charge in [-0.05, 0) is 66.7 Å². The first-order chi connectivity index (χ1) is 15.9. The Bertz CT molecular complexity index is 1090. The summed E-state index contributed by atoms with van der Waals surface area (Å²) in [6.07, 6.45) is 0. The van der Waals surface area contributed by atoms with Crippen molar-refractivity contribution in [3.8, 4) is 17.2 Å². The van der Waals surface area contributed by atoms with E-state index in [0.717, 1.165) is 0 Å². The fraction of sp³-hybridized carbons (Fsp3) is 0.167. The largest absolute Gasteiger partial charge is 0.493 e. The molecular formula is C24H21ClFNO6. The number of amides is 1. The van der Waals surface area contributed by atoms with Crippen molar-refractivity contribution in [1.82, 2.24) is 0 Å². The van der Waals surface area contributed by atoms with Crippen LogP contribution in [-0.4, -0.2) is 38.8 Å². The van der Waals surface area contributed by atoms with Gasteiger partial charge in [0.1, 0.15) is 24.8 Å². The molecule has 0 aromatic heterocycles. The predicted octanol–water partition coefficient (Wildman–Crippen LogP) is 4.74. The molecule has 0 aliphatic carbocycles. The SMILES string of the molecule is COc1cc(C(=O)OCCOc2ccc(Cl)cc2)ccc1OCC(=O)Nc1ccc(F)cc1. The zero-order valence-electron chi connectivity index (χ0n) is 17.7. The minimum absolute atomic E-state index is 0.0472. The molecule has 1 amide bonds. The van der Waals surface area contributed by atoms with Crippen LogP contribution >= 0.6 is 11.6 Å². The van der Waals surface area contributed by atoms with Crippen molar-refractivity contribution in [3.63, 3.8) is 0 Å². The standard InChI is InChI=1S/C24H21ClFNO6/c1-30-22-14-16(24(29)32-13-12-31-20-9-3-17(25)4-10-20)2-11-21(22)33-15-23(28)27-19-7-5-18(26)6-8-19/h2-11,14H,12-13,15H2,1H3,(H,27,28). The second-order valence-electron chi connectivity index (χ2n) is 6.65. The van der Waals surface area contributed by atoms with Gasteiger partial charge in [0.15, 0.2) is 18.1 Å². The topological polar surface area (TPSA) is 83.1 Å². The molecule has 3 aromatic carbocycles. The summed E-state index contributed by atoms with van der Waals surface area (Å²) in [7, 11) is 1.41. The fourth-order valence-electron chi connectivity index (χ4n) is 2.70. The zero-order chi connectivity index (χ0) is 23.6. The second-order valence-corrected chi connectivity index (χ2v) is 7.08. The number of carbonyl (C=O) groups is 2. The lowest BCUT2D eigenvalue weighted by Gasteiger charge is -2.12. The molecule has 172 valence electrons. The van der Waals surface area contributed by atoms with E-state index in [4.69, 9.17) is 30.5 Å². The molecule has 0 radical (unpaired) electrons. The molecule has 0 saturated heterocycles. The van der Waals surface area contributed by atoms with E-state index in [9.17, 15) is 14.0 Å². The Morgan fingerprint density at radius 2 is 1.64 bits per heavy atom. The number of ether oxygens (including phenoxy) is 4. The minimum Gasteiger partial charge on any atom is -0.493 e. The maximum absolute atomic E-state index is 12.9. The smallest absolute Gasteiger partial charge is 0.338 e. The minimum atomic E-state index is -0.561. The van der Waals surface area contributed by atoms with Gasteiger partial charge in [-0.3, -0.25) is 4.79 Å². The summed E-state index contributed by atoms with van der Waals surface area (Å²) < 4.78 is 34.4. The molecule has 33 heavy (non-hydrogen) atoms. The van der Waals surface area contributed by atoms with E-state index in [1.807, 2.05) is 0 Å². The molecule has 3 aromatic rings. The zero-order valence-corrected chi connectivity index (χ0v) is 18.4. The number of anilines is 1. The molecule has 7 nitrogen and oxygen atoms in total. The first-order valence-electron chi connectivity index (χ1n) is 9.86. The maximum Gasteiger partial charge on any atom is 0.338 e. The van der Waals surface area contributed by atoms with E-state index >= 15 is 0 Å². The second kappa shape index (κ2) is 11.7. The first-order valence-corrected chi connectivity index (χ1v) is 10.2. The number of esters is 1. The highest BCUT2D eigenvalue weighted by Gasteiger charge is 2.14. The third-order valence-corrected chi connectivity index (χ3v) is 4.54. The maximum atomic E-state index is 12.9. The number of methoxy groups -OCH3 is 1. The normalized spacial score (nSPS) is 10.3. The van der Waals surface area contributed by atoms with Gasteiger partial charge in [0.2, 0.25) is 0 Å². The Labute approximate surface area is 195 Å². The molecule has 0 atom stereocenters. The summed E-state index contributed by atoms with van der Waals surface area (Å²) in [4.78, 5) is 24.3. The molecule has 0 heterocycles. The van der Waals surface area contributed by atoms with Gasteiger partial charge < -0.3 is 24.3 Å². The van der Waals surface area contributed by atoms with Gasteiger partial charge in [-0.2, -0.15) is 0 Å². The van der Waals surface area contributed by atoms with Crippen LogP contribution in [0.1, 0.15) is 10.4 Å². The summed E-state index contributed by atoms with van der Waals surface area (Å²) >= 11 is 5.82. The summed E-state index contributed by atoms with van der Waals surface area (Å²) in [6.45, 7) is -0.0833. The molecule has 0 spiro atoms. The van der Waals surface area contributed by atoms with Crippen molar-refractivity contribution < 1.29 is 32.9 Å². The molecule has 3 rings (SSSR count). The molecular weight excluding hydrogens is 453 g/mol. The van der Waals surface area contributed by atoms with Gasteiger partial charge in [0.25, 0.3) is 5.91 Å². The van der Waals surface area contributed by atoms with E-state index in [1.165, 1.54) is 49.6 Å². The van der Waals surface area contributed by atoms with Crippen LogP contribution in [0, 0.1) is 5.82 Å². The van der Waals surface area contributed by atoms with Gasteiger partial charge in [0.05, 0.1) is 12.7 Å². The third kappa shape index (κ3) is 7.40. The van der Waals surface area contributed by atoms with Crippen molar-refractivity contribution in [2.75, 3.05) is 32.2 Å². The molecule has 0 aliphatic rings. The number of nitrogens with one attached hydrogen (secondary N) is 1. The average Bonchev–Trinajstić information content (AvgIpc) is 2.83. The first kappa shape index (κ1) is 23.9. The van der Waals surface area contributed by atoms with E-state index in [0.29, 0.717) is 16.5 Å². The molecule has 0 aliphatic heterocycles. The predicted molar refractivity (Wildman–Crippen MR) is 121 cm³/mol. The van der Waals surface area contributed by atoms with Crippen molar-refractivity contribution >= 4 is 29.2 Å². The quantitative estimate of drug-likeness (QED) is 0.338. The number of carbonyl (C=O) groups excluding carboxylic acids is 2. The molecule has 0 fully saturated rings. The van der Waals surface area contributed by atoms with Crippen LogP contribution < -0.4 is 19.5 Å². The van der Waals surface area contributed by atoms with Crippen LogP contribution in [0.3, 0.4) is 0 Å². The van der Waals surface area contributed by atoms with Gasteiger partial charge in [0, 0.05) is 10.7 Å². The lowest BCUT2D eigenvalue weighted by molar-refractivity contribution is -0.118.